The maximum atomic E-state index is 12.6. The molecule has 0 unspecified atom stereocenters. The maximum Gasteiger partial charge on any atom is 0.163 e. The zero-order valence-corrected chi connectivity index (χ0v) is 15.1. The highest BCUT2D eigenvalue weighted by Gasteiger charge is 2.24. The molecule has 5 rings (SSSR count). The number of benzene rings is 2. The first-order valence-electron chi connectivity index (χ1n) is 9.15. The molecule has 0 radical (unpaired) electrons. The van der Waals surface area contributed by atoms with E-state index in [-0.39, 0.29) is 5.78 Å². The molecule has 4 heteroatoms. The quantitative estimate of drug-likeness (QED) is 0.723. The molecule has 3 aromatic rings. The van der Waals surface area contributed by atoms with E-state index in [1.165, 1.54) is 11.1 Å². The largest absolute Gasteiger partial charge is 0.294 e. The summed E-state index contributed by atoms with van der Waals surface area (Å²) in [4.78, 5) is 17.4. The highest BCUT2D eigenvalue weighted by atomic mass is 16.1. The number of aryl methyl sites for hydroxylation is 1. The molecule has 1 aromatic heterocycles. The third kappa shape index (κ3) is 2.83. The first-order valence-corrected chi connectivity index (χ1v) is 9.15. The molecule has 132 valence electrons. The van der Waals surface area contributed by atoms with E-state index in [0.29, 0.717) is 19.4 Å². The standard InChI is InChI=1S/C23H19N3O/c1-26-14-20(13-25-26)23-21-10-16-8-18(7-15-5-3-2-4-6-15)22(27)11-17(16)9-19(21)12-24-23/h2-6,8-10,13-14H,7,11-12H2,1H3. The molecule has 0 saturated carbocycles. The Kier molecular flexibility index (Phi) is 3.64. The van der Waals surface area contributed by atoms with Crippen LogP contribution in [0.3, 0.4) is 0 Å². The van der Waals surface area contributed by atoms with E-state index >= 15 is 0 Å². The van der Waals surface area contributed by atoms with E-state index in [9.17, 15) is 4.79 Å². The lowest BCUT2D eigenvalue weighted by Crippen LogP contribution is -2.15. The number of ketones is 1. The van der Waals surface area contributed by atoms with Crippen LogP contribution in [0.1, 0.15) is 33.4 Å². The number of hydrogen-bond acceptors (Lipinski definition) is 3. The van der Waals surface area contributed by atoms with Gasteiger partial charge in [-0.05, 0) is 34.4 Å². The molecular weight excluding hydrogens is 334 g/mol. The van der Waals surface area contributed by atoms with Crippen molar-refractivity contribution >= 4 is 17.6 Å². The lowest BCUT2D eigenvalue weighted by atomic mass is 9.85. The Morgan fingerprint density at radius 3 is 2.74 bits per heavy atom. The fraction of sp³-hybridized carbons (Fsp3) is 0.174. The van der Waals surface area contributed by atoms with Crippen molar-refractivity contribution in [2.45, 2.75) is 19.4 Å². The number of rotatable bonds is 3. The topological polar surface area (TPSA) is 47.2 Å². The Hall–Kier alpha value is -3.27. The number of fused-ring (bicyclic) bond motifs is 2. The lowest BCUT2D eigenvalue weighted by molar-refractivity contribution is -0.115. The molecule has 0 saturated heterocycles. The van der Waals surface area contributed by atoms with Crippen LogP contribution in [-0.2, 0) is 31.2 Å². The number of nitrogens with zero attached hydrogens (tertiary/aromatic N) is 3. The van der Waals surface area contributed by atoms with Gasteiger partial charge >= 0.3 is 0 Å². The lowest BCUT2D eigenvalue weighted by Gasteiger charge is -2.17. The highest BCUT2D eigenvalue weighted by Crippen LogP contribution is 2.31. The van der Waals surface area contributed by atoms with E-state index in [1.807, 2.05) is 37.6 Å². The van der Waals surface area contributed by atoms with Crippen molar-refractivity contribution in [1.82, 2.24) is 9.78 Å². The van der Waals surface area contributed by atoms with Crippen molar-refractivity contribution in [3.05, 3.63) is 93.8 Å². The summed E-state index contributed by atoms with van der Waals surface area (Å²) < 4.78 is 1.80. The van der Waals surface area contributed by atoms with Gasteiger partial charge in [0.25, 0.3) is 0 Å². The van der Waals surface area contributed by atoms with Gasteiger partial charge in [0.15, 0.2) is 5.78 Å². The summed E-state index contributed by atoms with van der Waals surface area (Å²) in [7, 11) is 1.91. The van der Waals surface area contributed by atoms with Crippen LogP contribution >= 0.6 is 0 Å². The smallest absolute Gasteiger partial charge is 0.163 e. The molecule has 0 atom stereocenters. The second kappa shape index (κ2) is 6.16. The van der Waals surface area contributed by atoms with E-state index in [4.69, 9.17) is 4.99 Å². The number of carbonyl (C=O) groups is 1. The van der Waals surface area contributed by atoms with Crippen LogP contribution in [-0.4, -0.2) is 21.3 Å². The van der Waals surface area contributed by atoms with Crippen LogP contribution in [0.15, 0.2) is 65.4 Å². The molecule has 2 aliphatic rings. The van der Waals surface area contributed by atoms with Gasteiger partial charge in [0, 0.05) is 42.8 Å². The average molecular weight is 353 g/mol. The summed E-state index contributed by atoms with van der Waals surface area (Å²) in [6, 6.07) is 14.5. The Morgan fingerprint density at radius 1 is 1.11 bits per heavy atom. The van der Waals surface area contributed by atoms with Gasteiger partial charge in [-0.15, -0.1) is 0 Å². The Bertz CT molecular complexity index is 1120. The third-order valence-corrected chi connectivity index (χ3v) is 5.28. The van der Waals surface area contributed by atoms with Crippen LogP contribution in [0.5, 0.6) is 0 Å². The van der Waals surface area contributed by atoms with Gasteiger partial charge in [0.05, 0.1) is 18.5 Å². The van der Waals surface area contributed by atoms with E-state index in [1.54, 1.807) is 4.68 Å². The minimum absolute atomic E-state index is 0.220. The minimum atomic E-state index is 0.220. The highest BCUT2D eigenvalue weighted by molar-refractivity contribution is 6.15. The van der Waals surface area contributed by atoms with Gasteiger partial charge in [-0.3, -0.25) is 14.5 Å². The molecule has 0 amide bonds. The maximum absolute atomic E-state index is 12.6. The summed E-state index contributed by atoms with van der Waals surface area (Å²) in [6.07, 6.45) is 7.07. The molecule has 0 fully saturated rings. The summed E-state index contributed by atoms with van der Waals surface area (Å²) in [6.45, 7) is 0.668. The van der Waals surface area contributed by atoms with E-state index in [0.717, 1.165) is 33.5 Å². The number of aromatic nitrogens is 2. The fourth-order valence-corrected chi connectivity index (χ4v) is 3.91. The normalized spacial score (nSPS) is 15.2. The zero-order chi connectivity index (χ0) is 18.4. The second-order valence-corrected chi connectivity index (χ2v) is 7.21. The summed E-state index contributed by atoms with van der Waals surface area (Å²) in [5.74, 6) is 0.220. The fourth-order valence-electron chi connectivity index (χ4n) is 3.91. The predicted octanol–water partition coefficient (Wildman–Crippen LogP) is 3.52. The van der Waals surface area contributed by atoms with Gasteiger partial charge in [-0.1, -0.05) is 36.4 Å². The van der Waals surface area contributed by atoms with Crippen LogP contribution in [0.2, 0.25) is 0 Å². The monoisotopic (exact) mass is 353 g/mol. The first-order chi connectivity index (χ1) is 13.2. The SMILES string of the molecule is Cn1cc(C2=NCc3cc4c(cc32)C=C(Cc2ccccc2)C(=O)C4)cn1. The molecule has 4 nitrogen and oxygen atoms in total. The minimum Gasteiger partial charge on any atom is -0.294 e. The van der Waals surface area contributed by atoms with Gasteiger partial charge in [-0.25, -0.2) is 0 Å². The molecule has 1 aliphatic carbocycles. The number of allylic oxidation sites excluding steroid dienone is 1. The number of carbonyl (C=O) groups excluding carboxylic acids is 1. The average Bonchev–Trinajstić information content (AvgIpc) is 3.27. The van der Waals surface area contributed by atoms with Crippen LogP contribution in [0, 0.1) is 0 Å². The Balaban J connectivity index is 1.53. The molecular formula is C23H19N3O. The van der Waals surface area contributed by atoms with Crippen molar-refractivity contribution in [3.8, 4) is 0 Å². The molecule has 1 aliphatic heterocycles. The Morgan fingerprint density at radius 2 is 1.96 bits per heavy atom. The predicted molar refractivity (Wildman–Crippen MR) is 106 cm³/mol. The van der Waals surface area contributed by atoms with Crippen molar-refractivity contribution in [2.24, 2.45) is 12.0 Å². The third-order valence-electron chi connectivity index (χ3n) is 5.28. The molecule has 27 heavy (non-hydrogen) atoms. The number of aliphatic imine (C=N–C) groups is 1. The molecule has 0 bridgehead atoms. The van der Waals surface area contributed by atoms with Gasteiger partial charge in [0.1, 0.15) is 0 Å². The number of hydrogen-bond donors (Lipinski definition) is 0. The first kappa shape index (κ1) is 15.9. The van der Waals surface area contributed by atoms with Gasteiger partial charge in [-0.2, -0.15) is 5.10 Å². The van der Waals surface area contributed by atoms with E-state index < -0.39 is 0 Å². The Labute approximate surface area is 157 Å². The van der Waals surface area contributed by atoms with Crippen molar-refractivity contribution < 1.29 is 4.79 Å². The number of Topliss-reactive ketones (excluding diaryl/α,β-unsaturated/α-hetero) is 1. The molecule has 0 N–H and O–H groups in total. The van der Waals surface area contributed by atoms with Gasteiger partial charge < -0.3 is 0 Å². The summed E-state index contributed by atoms with van der Waals surface area (Å²) in [5, 5.41) is 4.27. The zero-order valence-electron chi connectivity index (χ0n) is 15.1. The summed E-state index contributed by atoms with van der Waals surface area (Å²) in [5.41, 5.74) is 8.68. The second-order valence-electron chi connectivity index (χ2n) is 7.21. The van der Waals surface area contributed by atoms with Crippen LogP contribution in [0.4, 0.5) is 0 Å². The van der Waals surface area contributed by atoms with E-state index in [2.05, 4.69) is 35.4 Å². The van der Waals surface area contributed by atoms with Crippen molar-refractivity contribution in [2.75, 3.05) is 0 Å². The van der Waals surface area contributed by atoms with Crippen molar-refractivity contribution in [3.63, 3.8) is 0 Å². The van der Waals surface area contributed by atoms with Crippen molar-refractivity contribution in [1.29, 1.82) is 0 Å². The van der Waals surface area contributed by atoms with Crippen LogP contribution < -0.4 is 0 Å². The molecule has 0 spiro atoms. The van der Waals surface area contributed by atoms with Gasteiger partial charge in [0.2, 0.25) is 0 Å². The van der Waals surface area contributed by atoms with Crippen LogP contribution in [0.25, 0.3) is 6.08 Å². The summed E-state index contributed by atoms with van der Waals surface area (Å²) >= 11 is 0. The molecule has 2 heterocycles. The molecule has 2 aromatic carbocycles.